The topological polar surface area (TPSA) is 64.3 Å². The molecule has 1 aromatic carbocycles. The van der Waals surface area contributed by atoms with Crippen molar-refractivity contribution in [2.75, 3.05) is 19.7 Å². The molecule has 0 saturated heterocycles. The van der Waals surface area contributed by atoms with Gasteiger partial charge < -0.3 is 15.8 Å². The summed E-state index contributed by atoms with van der Waals surface area (Å²) in [5, 5.41) is 3.48. The van der Waals surface area contributed by atoms with Crippen LogP contribution < -0.4 is 15.8 Å². The van der Waals surface area contributed by atoms with E-state index in [1.54, 1.807) is 12.1 Å². The summed E-state index contributed by atoms with van der Waals surface area (Å²) >= 11 is 5.93. The van der Waals surface area contributed by atoms with E-state index >= 15 is 0 Å². The van der Waals surface area contributed by atoms with E-state index in [0.29, 0.717) is 23.7 Å². The number of halogens is 2. The lowest BCUT2D eigenvalue weighted by molar-refractivity contribution is -0.117. The van der Waals surface area contributed by atoms with Crippen molar-refractivity contribution in [3.05, 3.63) is 34.4 Å². The number of carbonyl (C=O) groups excluding carboxylic acids is 1. The fourth-order valence-electron chi connectivity index (χ4n) is 1.86. The Balaban J connectivity index is 0.00000200. The van der Waals surface area contributed by atoms with E-state index in [0.717, 1.165) is 24.2 Å². The summed E-state index contributed by atoms with van der Waals surface area (Å²) < 4.78 is 5.53. The molecule has 4 nitrogen and oxygen atoms in total. The van der Waals surface area contributed by atoms with Crippen LogP contribution in [0.4, 0.5) is 0 Å². The predicted molar refractivity (Wildman–Crippen MR) is 83.5 cm³/mol. The fraction of sp³-hybridized carbons (Fsp3) is 0.357. The molecule has 0 aromatic heterocycles. The lowest BCUT2D eigenvalue weighted by Gasteiger charge is -2.17. The number of rotatable bonds is 5. The first kappa shape index (κ1) is 16.8. The van der Waals surface area contributed by atoms with Crippen LogP contribution in [0, 0.1) is 0 Å². The molecule has 1 heterocycles. The molecule has 1 aliphatic heterocycles. The zero-order chi connectivity index (χ0) is 13.7. The van der Waals surface area contributed by atoms with E-state index in [2.05, 4.69) is 5.32 Å². The van der Waals surface area contributed by atoms with Gasteiger partial charge in [-0.15, -0.1) is 12.4 Å². The van der Waals surface area contributed by atoms with Gasteiger partial charge in [0.25, 0.3) is 5.91 Å². The number of amides is 1. The lowest BCUT2D eigenvalue weighted by atomic mass is 10.1. The molecule has 0 spiro atoms. The van der Waals surface area contributed by atoms with Crippen LogP contribution in [0.25, 0.3) is 6.08 Å². The van der Waals surface area contributed by atoms with Gasteiger partial charge >= 0.3 is 0 Å². The summed E-state index contributed by atoms with van der Waals surface area (Å²) in [5.41, 5.74) is 6.85. The molecule has 1 amide bonds. The molecule has 0 unspecified atom stereocenters. The van der Waals surface area contributed by atoms with Crippen LogP contribution in [0.3, 0.4) is 0 Å². The average molecular weight is 317 g/mol. The highest BCUT2D eigenvalue weighted by Gasteiger charge is 2.16. The summed E-state index contributed by atoms with van der Waals surface area (Å²) in [7, 11) is 0. The number of fused-ring (bicyclic) bond motifs is 1. The molecule has 0 saturated carbocycles. The van der Waals surface area contributed by atoms with Crippen LogP contribution in [-0.2, 0) is 4.79 Å². The largest absolute Gasteiger partial charge is 0.488 e. The van der Waals surface area contributed by atoms with Gasteiger partial charge in [-0.25, -0.2) is 0 Å². The smallest absolute Gasteiger partial charge is 0.250 e. The van der Waals surface area contributed by atoms with Crippen molar-refractivity contribution in [1.82, 2.24) is 5.32 Å². The van der Waals surface area contributed by atoms with Gasteiger partial charge in [-0.2, -0.15) is 0 Å². The minimum atomic E-state index is -0.0948. The second kappa shape index (κ2) is 8.15. The van der Waals surface area contributed by atoms with E-state index in [-0.39, 0.29) is 24.9 Å². The molecule has 2 rings (SSSR count). The second-order valence-corrected chi connectivity index (χ2v) is 4.83. The molecule has 6 heteroatoms. The summed E-state index contributed by atoms with van der Waals surface area (Å²) in [6, 6.07) is 5.37. The highest BCUT2D eigenvalue weighted by Crippen LogP contribution is 2.28. The minimum Gasteiger partial charge on any atom is -0.488 e. The van der Waals surface area contributed by atoms with Crippen molar-refractivity contribution >= 4 is 36.0 Å². The van der Waals surface area contributed by atoms with Gasteiger partial charge in [0.15, 0.2) is 0 Å². The van der Waals surface area contributed by atoms with Crippen LogP contribution in [0.15, 0.2) is 23.8 Å². The third kappa shape index (κ3) is 4.40. The van der Waals surface area contributed by atoms with Crippen molar-refractivity contribution in [3.8, 4) is 5.75 Å². The highest BCUT2D eigenvalue weighted by atomic mass is 35.5. The Labute approximate surface area is 129 Å². The molecule has 110 valence electrons. The normalized spacial score (nSPS) is 12.6. The molecule has 0 atom stereocenters. The maximum Gasteiger partial charge on any atom is 0.250 e. The third-order valence-electron chi connectivity index (χ3n) is 2.89. The number of nitrogens with two attached hydrogens (primary N) is 1. The summed E-state index contributed by atoms with van der Waals surface area (Å²) in [5.74, 6) is 0.659. The number of carbonyl (C=O) groups is 1. The first-order chi connectivity index (χ1) is 9.20. The Hall–Kier alpha value is -1.23. The lowest BCUT2D eigenvalue weighted by Crippen LogP contribution is -2.29. The van der Waals surface area contributed by atoms with Gasteiger partial charge in [-0.1, -0.05) is 11.6 Å². The fourth-order valence-corrected chi connectivity index (χ4v) is 2.04. The number of ether oxygens (including phenoxy) is 1. The van der Waals surface area contributed by atoms with E-state index in [9.17, 15) is 4.79 Å². The zero-order valence-electron chi connectivity index (χ0n) is 11.0. The zero-order valence-corrected chi connectivity index (χ0v) is 12.6. The first-order valence-electron chi connectivity index (χ1n) is 6.32. The van der Waals surface area contributed by atoms with E-state index in [1.807, 2.05) is 12.1 Å². The first-order valence-corrected chi connectivity index (χ1v) is 6.69. The van der Waals surface area contributed by atoms with Gasteiger partial charge in [0.05, 0.1) is 5.57 Å². The maximum atomic E-state index is 11.9. The van der Waals surface area contributed by atoms with Crippen molar-refractivity contribution in [2.24, 2.45) is 5.73 Å². The SMILES string of the molecule is Cl.NCCCCNC(=O)C1=Cc2cc(Cl)ccc2OC1. The number of hydrogen-bond donors (Lipinski definition) is 2. The van der Waals surface area contributed by atoms with E-state index < -0.39 is 0 Å². The van der Waals surface area contributed by atoms with Gasteiger partial charge in [-0.05, 0) is 43.7 Å². The number of benzene rings is 1. The van der Waals surface area contributed by atoms with E-state index in [1.165, 1.54) is 0 Å². The van der Waals surface area contributed by atoms with Gasteiger partial charge in [0, 0.05) is 17.1 Å². The molecule has 0 radical (unpaired) electrons. The highest BCUT2D eigenvalue weighted by molar-refractivity contribution is 6.30. The van der Waals surface area contributed by atoms with Crippen molar-refractivity contribution < 1.29 is 9.53 Å². The second-order valence-electron chi connectivity index (χ2n) is 4.39. The summed E-state index contributed by atoms with van der Waals surface area (Å²) in [4.78, 5) is 11.9. The Kier molecular flexibility index (Phi) is 6.85. The van der Waals surface area contributed by atoms with E-state index in [4.69, 9.17) is 22.1 Å². The monoisotopic (exact) mass is 316 g/mol. The van der Waals surface area contributed by atoms with Gasteiger partial charge in [0.1, 0.15) is 12.4 Å². The standard InChI is InChI=1S/C14H17ClN2O2.ClH/c15-12-3-4-13-10(8-12)7-11(9-19-13)14(18)17-6-2-1-5-16;/h3-4,7-8H,1-2,5-6,9,16H2,(H,17,18);1H. The van der Waals surface area contributed by atoms with Gasteiger partial charge in [-0.3, -0.25) is 4.79 Å². The quantitative estimate of drug-likeness (QED) is 0.820. The molecule has 3 N–H and O–H groups in total. The van der Waals surface area contributed by atoms with Crippen LogP contribution in [0.2, 0.25) is 5.02 Å². The molecule has 1 aliphatic rings. The minimum absolute atomic E-state index is 0. The summed E-state index contributed by atoms with van der Waals surface area (Å²) in [6.07, 6.45) is 3.62. The van der Waals surface area contributed by atoms with Gasteiger partial charge in [0.2, 0.25) is 0 Å². The Morgan fingerprint density at radius 2 is 2.20 bits per heavy atom. The third-order valence-corrected chi connectivity index (χ3v) is 3.13. The van der Waals surface area contributed by atoms with Crippen LogP contribution in [0.1, 0.15) is 18.4 Å². The molecular formula is C14H18Cl2N2O2. The molecule has 0 bridgehead atoms. The van der Waals surface area contributed by atoms with Crippen molar-refractivity contribution in [1.29, 1.82) is 0 Å². The molecular weight excluding hydrogens is 299 g/mol. The average Bonchev–Trinajstić information content (AvgIpc) is 2.42. The molecule has 20 heavy (non-hydrogen) atoms. The van der Waals surface area contributed by atoms with Crippen molar-refractivity contribution in [2.45, 2.75) is 12.8 Å². The number of unbranched alkanes of at least 4 members (excludes halogenated alkanes) is 1. The van der Waals surface area contributed by atoms with Crippen LogP contribution >= 0.6 is 24.0 Å². The van der Waals surface area contributed by atoms with Crippen LogP contribution in [0.5, 0.6) is 5.75 Å². The molecule has 1 aromatic rings. The Bertz CT molecular complexity index is 504. The van der Waals surface area contributed by atoms with Crippen molar-refractivity contribution in [3.63, 3.8) is 0 Å². The molecule has 0 aliphatic carbocycles. The number of hydrogen-bond acceptors (Lipinski definition) is 3. The molecule has 0 fully saturated rings. The number of nitrogens with one attached hydrogen (secondary N) is 1. The Morgan fingerprint density at radius 3 is 2.95 bits per heavy atom. The summed E-state index contributed by atoms with van der Waals surface area (Å²) in [6.45, 7) is 1.57. The Morgan fingerprint density at radius 1 is 1.40 bits per heavy atom. The van der Waals surface area contributed by atoms with Crippen LogP contribution in [-0.4, -0.2) is 25.6 Å². The maximum absolute atomic E-state index is 11.9. The predicted octanol–water partition coefficient (Wildman–Crippen LogP) is 2.39.